The molecule has 0 aromatic carbocycles. The Balaban J connectivity index is 2.90. The van der Waals surface area contributed by atoms with Crippen LogP contribution in [-0.2, 0) is 10.0 Å². The topological polar surface area (TPSA) is 141 Å². The van der Waals surface area contributed by atoms with E-state index in [4.69, 9.17) is 15.9 Å². The molecule has 0 saturated heterocycles. The maximum atomic E-state index is 11.6. The Kier molecular flexibility index (Phi) is 3.63. The van der Waals surface area contributed by atoms with Crippen molar-refractivity contribution in [2.75, 3.05) is 18.9 Å². The molecule has 1 aromatic rings. The van der Waals surface area contributed by atoms with Gasteiger partial charge >= 0.3 is 0 Å². The number of hydrogen-bond donors (Lipinski definition) is 5. The number of nitrogens with one attached hydrogen (secondary N) is 2. The first-order valence-corrected chi connectivity index (χ1v) is 5.52. The summed E-state index contributed by atoms with van der Waals surface area (Å²) in [5.41, 5.74) is 5.32. The summed E-state index contributed by atoms with van der Waals surface area (Å²) in [4.78, 5) is -0.214. The van der Waals surface area contributed by atoms with Crippen molar-refractivity contribution in [1.29, 1.82) is 0 Å². The lowest BCUT2D eigenvalue weighted by Crippen LogP contribution is -2.40. The van der Waals surface area contributed by atoms with Crippen molar-refractivity contribution in [1.82, 2.24) is 14.9 Å². The van der Waals surface area contributed by atoms with Crippen LogP contribution in [0.3, 0.4) is 0 Å². The molecule has 0 saturated carbocycles. The number of nitrogens with two attached hydrogens (primary N) is 1. The Morgan fingerprint density at radius 2 is 2.13 bits per heavy atom. The van der Waals surface area contributed by atoms with Gasteiger partial charge < -0.3 is 15.9 Å². The van der Waals surface area contributed by atoms with Crippen LogP contribution in [0.5, 0.6) is 0 Å². The lowest BCUT2D eigenvalue weighted by molar-refractivity contribution is 0.185. The predicted molar refractivity (Wildman–Crippen MR) is 51.3 cm³/mol. The number of anilines is 1. The minimum atomic E-state index is -3.86. The number of rotatable bonds is 5. The summed E-state index contributed by atoms with van der Waals surface area (Å²) in [5, 5.41) is 23.1. The molecule has 1 rings (SSSR count). The van der Waals surface area contributed by atoms with Crippen molar-refractivity contribution >= 4 is 15.8 Å². The average Bonchev–Trinajstić information content (AvgIpc) is 2.61. The third-order valence-corrected chi connectivity index (χ3v) is 3.23. The minimum absolute atomic E-state index is 0.0999. The van der Waals surface area contributed by atoms with Gasteiger partial charge in [0.1, 0.15) is 10.7 Å². The Morgan fingerprint density at radius 1 is 1.53 bits per heavy atom. The van der Waals surface area contributed by atoms with E-state index in [1.807, 2.05) is 0 Å². The molecule has 0 atom stereocenters. The second-order valence-corrected chi connectivity index (χ2v) is 4.51. The fraction of sp³-hybridized carbons (Fsp3) is 0.500. The molecule has 1 aromatic heterocycles. The molecule has 86 valence electrons. The first-order chi connectivity index (χ1) is 7.01. The average molecular weight is 236 g/mol. The zero-order chi connectivity index (χ0) is 11.5. The van der Waals surface area contributed by atoms with Crippen molar-refractivity contribution < 1.29 is 18.6 Å². The van der Waals surface area contributed by atoms with Crippen molar-refractivity contribution in [3.05, 3.63) is 6.20 Å². The highest BCUT2D eigenvalue weighted by atomic mass is 32.2. The highest BCUT2D eigenvalue weighted by Gasteiger charge is 2.22. The van der Waals surface area contributed by atoms with Gasteiger partial charge in [-0.05, 0) is 0 Å². The van der Waals surface area contributed by atoms with Crippen LogP contribution in [0.25, 0.3) is 0 Å². The molecule has 8 nitrogen and oxygen atoms in total. The van der Waals surface area contributed by atoms with E-state index >= 15 is 0 Å². The number of H-pyrrole nitrogens is 1. The SMILES string of the molecule is Nc1[nH]ncc1S(=O)(=O)NC(CO)CO. The molecule has 15 heavy (non-hydrogen) atoms. The molecule has 9 heteroatoms. The van der Waals surface area contributed by atoms with E-state index in [0.29, 0.717) is 0 Å². The van der Waals surface area contributed by atoms with E-state index < -0.39 is 29.3 Å². The van der Waals surface area contributed by atoms with E-state index in [2.05, 4.69) is 14.9 Å². The molecule has 1 heterocycles. The molecule has 0 aliphatic heterocycles. The monoisotopic (exact) mass is 236 g/mol. The van der Waals surface area contributed by atoms with Gasteiger partial charge in [-0.1, -0.05) is 0 Å². The molecule has 0 bridgehead atoms. The van der Waals surface area contributed by atoms with E-state index in [1.54, 1.807) is 0 Å². The van der Waals surface area contributed by atoms with E-state index in [9.17, 15) is 8.42 Å². The summed E-state index contributed by atoms with van der Waals surface area (Å²) < 4.78 is 25.2. The highest BCUT2D eigenvalue weighted by molar-refractivity contribution is 7.89. The van der Waals surface area contributed by atoms with Gasteiger partial charge in [0.15, 0.2) is 0 Å². The summed E-state index contributed by atoms with van der Waals surface area (Å²) in [6, 6.07) is -0.954. The summed E-state index contributed by atoms with van der Waals surface area (Å²) in [7, 11) is -3.86. The molecule has 0 aliphatic rings. The number of aliphatic hydroxyl groups excluding tert-OH is 2. The largest absolute Gasteiger partial charge is 0.395 e. The Hall–Kier alpha value is -1.16. The normalized spacial score (nSPS) is 12.2. The van der Waals surface area contributed by atoms with Gasteiger partial charge in [0, 0.05) is 0 Å². The van der Waals surface area contributed by atoms with Crippen LogP contribution < -0.4 is 10.5 Å². The molecule has 0 unspecified atom stereocenters. The predicted octanol–water partition coefficient (Wildman–Crippen LogP) is -2.38. The number of sulfonamides is 1. The maximum absolute atomic E-state index is 11.6. The number of nitrogen functional groups attached to an aromatic ring is 1. The number of aromatic nitrogens is 2. The molecular formula is C6H12N4O4S. The Labute approximate surface area is 86.2 Å². The van der Waals surface area contributed by atoms with Crippen molar-refractivity contribution in [2.45, 2.75) is 10.9 Å². The van der Waals surface area contributed by atoms with Crippen molar-refractivity contribution in [3.8, 4) is 0 Å². The fourth-order valence-electron chi connectivity index (χ4n) is 0.914. The summed E-state index contributed by atoms with van der Waals surface area (Å²) >= 11 is 0. The van der Waals surface area contributed by atoms with Crippen LogP contribution in [0.1, 0.15) is 0 Å². The number of nitrogens with zero attached hydrogens (tertiary/aromatic N) is 1. The van der Waals surface area contributed by atoms with Gasteiger partial charge in [-0.3, -0.25) is 5.10 Å². The lowest BCUT2D eigenvalue weighted by Gasteiger charge is -2.12. The standard InChI is InChI=1S/C6H12N4O4S/c7-6-5(1-8-9-6)15(13,14)10-4(2-11)3-12/h1,4,10-12H,2-3H2,(H3,7,8,9). The lowest BCUT2D eigenvalue weighted by atomic mass is 10.4. The van der Waals surface area contributed by atoms with E-state index in [0.717, 1.165) is 6.20 Å². The smallest absolute Gasteiger partial charge is 0.246 e. The maximum Gasteiger partial charge on any atom is 0.246 e. The van der Waals surface area contributed by atoms with Gasteiger partial charge in [0.2, 0.25) is 10.0 Å². The second-order valence-electron chi connectivity index (χ2n) is 2.83. The molecular weight excluding hydrogens is 224 g/mol. The van der Waals surface area contributed by atoms with Gasteiger partial charge in [0.25, 0.3) is 0 Å². The summed E-state index contributed by atoms with van der Waals surface area (Å²) in [5.74, 6) is -0.0999. The van der Waals surface area contributed by atoms with Crippen molar-refractivity contribution in [3.63, 3.8) is 0 Å². The van der Waals surface area contributed by atoms with Gasteiger partial charge in [-0.2, -0.15) is 5.10 Å². The molecule has 0 spiro atoms. The number of hydrogen-bond acceptors (Lipinski definition) is 6. The highest BCUT2D eigenvalue weighted by Crippen LogP contribution is 2.13. The fourth-order valence-corrected chi connectivity index (χ4v) is 2.16. The van der Waals surface area contributed by atoms with E-state index in [-0.39, 0.29) is 10.7 Å². The van der Waals surface area contributed by atoms with Gasteiger partial charge in [-0.15, -0.1) is 0 Å². The van der Waals surface area contributed by atoms with Crippen LogP contribution in [0.2, 0.25) is 0 Å². The molecule has 0 aliphatic carbocycles. The molecule has 0 amide bonds. The minimum Gasteiger partial charge on any atom is -0.395 e. The Bertz CT molecular complexity index is 411. The van der Waals surface area contributed by atoms with Crippen LogP contribution in [0.4, 0.5) is 5.82 Å². The first-order valence-electron chi connectivity index (χ1n) is 4.04. The molecule has 0 radical (unpaired) electrons. The second kappa shape index (κ2) is 4.57. The van der Waals surface area contributed by atoms with Crippen LogP contribution in [-0.4, -0.2) is 48.1 Å². The van der Waals surface area contributed by atoms with Gasteiger partial charge in [0.05, 0.1) is 25.5 Å². The zero-order valence-electron chi connectivity index (χ0n) is 7.71. The molecule has 6 N–H and O–H groups in total. The van der Waals surface area contributed by atoms with Crippen molar-refractivity contribution in [2.24, 2.45) is 0 Å². The van der Waals surface area contributed by atoms with Gasteiger partial charge in [-0.25, -0.2) is 13.1 Å². The number of aliphatic hydroxyl groups is 2. The van der Waals surface area contributed by atoms with Crippen LogP contribution in [0.15, 0.2) is 11.1 Å². The quantitative estimate of drug-likeness (QED) is 0.386. The summed E-state index contributed by atoms with van der Waals surface area (Å²) in [6.45, 7) is -1.01. The Morgan fingerprint density at radius 3 is 2.53 bits per heavy atom. The third kappa shape index (κ3) is 2.65. The molecule has 0 fully saturated rings. The number of aromatic amines is 1. The zero-order valence-corrected chi connectivity index (χ0v) is 8.53. The first kappa shape index (κ1) is 11.9. The third-order valence-electron chi connectivity index (χ3n) is 1.68. The summed E-state index contributed by atoms with van der Waals surface area (Å²) in [6.07, 6.45) is 1.05. The van der Waals surface area contributed by atoms with Crippen LogP contribution in [0, 0.1) is 0 Å². The van der Waals surface area contributed by atoms with E-state index in [1.165, 1.54) is 0 Å². The van der Waals surface area contributed by atoms with Crippen LogP contribution >= 0.6 is 0 Å².